The fourth-order valence-electron chi connectivity index (χ4n) is 3.88. The molecule has 0 saturated carbocycles. The lowest BCUT2D eigenvalue weighted by Crippen LogP contribution is -2.41. The molecule has 0 aliphatic carbocycles. The van der Waals surface area contributed by atoms with Crippen LogP contribution in [-0.2, 0) is 14.8 Å². The number of nitrogens with zero attached hydrogens (tertiary/aromatic N) is 2. The Kier molecular flexibility index (Phi) is 6.41. The van der Waals surface area contributed by atoms with Gasteiger partial charge in [-0.25, -0.2) is 17.8 Å². The van der Waals surface area contributed by atoms with E-state index in [-0.39, 0.29) is 29.8 Å². The third-order valence-corrected chi connectivity index (χ3v) is 8.34. The van der Waals surface area contributed by atoms with Crippen LogP contribution < -0.4 is 5.32 Å². The molecule has 32 heavy (non-hydrogen) atoms. The molecule has 2 heterocycles. The third kappa shape index (κ3) is 4.74. The van der Waals surface area contributed by atoms with E-state index in [1.54, 1.807) is 0 Å². The zero-order valence-corrected chi connectivity index (χ0v) is 19.5. The Morgan fingerprint density at radius 3 is 2.47 bits per heavy atom. The number of hydrogen-bond donors (Lipinski definition) is 1. The van der Waals surface area contributed by atoms with Crippen molar-refractivity contribution >= 4 is 32.4 Å². The Morgan fingerprint density at radius 1 is 1.12 bits per heavy atom. The molecule has 0 bridgehead atoms. The average molecular weight is 474 g/mol. The van der Waals surface area contributed by atoms with Crippen molar-refractivity contribution in [2.45, 2.75) is 31.6 Å². The van der Waals surface area contributed by atoms with E-state index in [1.807, 2.05) is 31.4 Å². The summed E-state index contributed by atoms with van der Waals surface area (Å²) in [4.78, 5) is 17.3. The van der Waals surface area contributed by atoms with Gasteiger partial charge < -0.3 is 5.32 Å². The Balaban J connectivity index is 1.37. The summed E-state index contributed by atoms with van der Waals surface area (Å²) in [6, 6.07) is 11.0. The van der Waals surface area contributed by atoms with Crippen molar-refractivity contribution in [3.63, 3.8) is 0 Å². The van der Waals surface area contributed by atoms with Crippen molar-refractivity contribution in [3.8, 4) is 11.3 Å². The summed E-state index contributed by atoms with van der Waals surface area (Å²) < 4.78 is 40.0. The SMILES string of the molecule is Cc1ccc(-c2csc(NC(=O)C3CCN(S(=O)(=O)c4ccc(F)cc4)CC3)n2)c(C)c1. The highest BCUT2D eigenvalue weighted by Crippen LogP contribution is 2.29. The molecule has 1 saturated heterocycles. The maximum Gasteiger partial charge on any atom is 0.243 e. The highest BCUT2D eigenvalue weighted by molar-refractivity contribution is 7.89. The highest BCUT2D eigenvalue weighted by Gasteiger charge is 2.32. The summed E-state index contributed by atoms with van der Waals surface area (Å²) in [5, 5.41) is 5.34. The van der Waals surface area contributed by atoms with Gasteiger partial charge in [-0.05, 0) is 56.5 Å². The molecule has 9 heteroatoms. The molecular weight excluding hydrogens is 449 g/mol. The van der Waals surface area contributed by atoms with Gasteiger partial charge in [0.2, 0.25) is 15.9 Å². The summed E-state index contributed by atoms with van der Waals surface area (Å²) in [5.74, 6) is -0.921. The second-order valence-corrected chi connectivity index (χ2v) is 10.8. The van der Waals surface area contributed by atoms with Crippen molar-refractivity contribution in [2.24, 2.45) is 5.92 Å². The monoisotopic (exact) mass is 473 g/mol. The van der Waals surface area contributed by atoms with Crippen molar-refractivity contribution in [1.29, 1.82) is 0 Å². The number of thiazole rings is 1. The number of sulfonamides is 1. The highest BCUT2D eigenvalue weighted by atomic mass is 32.2. The van der Waals surface area contributed by atoms with E-state index in [1.165, 1.54) is 33.3 Å². The average Bonchev–Trinajstić information content (AvgIpc) is 3.22. The molecule has 0 spiro atoms. The van der Waals surface area contributed by atoms with Crippen LogP contribution >= 0.6 is 11.3 Å². The van der Waals surface area contributed by atoms with Crippen molar-refractivity contribution in [3.05, 3.63) is 64.8 Å². The fourth-order valence-corrected chi connectivity index (χ4v) is 6.06. The number of carbonyl (C=O) groups excluding carboxylic acids is 1. The van der Waals surface area contributed by atoms with Gasteiger partial charge in [0, 0.05) is 30.0 Å². The van der Waals surface area contributed by atoms with E-state index in [9.17, 15) is 17.6 Å². The van der Waals surface area contributed by atoms with Crippen LogP contribution in [0.25, 0.3) is 11.3 Å². The van der Waals surface area contributed by atoms with E-state index in [2.05, 4.69) is 16.4 Å². The lowest BCUT2D eigenvalue weighted by molar-refractivity contribution is -0.120. The number of aryl methyl sites for hydroxylation is 2. The molecule has 0 radical (unpaired) electrons. The molecule has 1 N–H and O–H groups in total. The zero-order chi connectivity index (χ0) is 22.9. The minimum atomic E-state index is -3.70. The van der Waals surface area contributed by atoms with Crippen LogP contribution in [0.4, 0.5) is 9.52 Å². The molecule has 0 unspecified atom stereocenters. The second-order valence-electron chi connectivity index (χ2n) is 7.98. The summed E-state index contributed by atoms with van der Waals surface area (Å²) in [6.07, 6.45) is 0.836. The van der Waals surface area contributed by atoms with Gasteiger partial charge in [0.05, 0.1) is 10.6 Å². The first-order valence-corrected chi connectivity index (χ1v) is 12.7. The molecular formula is C23H24FN3O3S2. The number of rotatable bonds is 5. The first-order chi connectivity index (χ1) is 15.2. The molecule has 1 fully saturated rings. The number of carbonyl (C=O) groups is 1. The fraction of sp³-hybridized carbons (Fsp3) is 0.304. The van der Waals surface area contributed by atoms with Gasteiger partial charge in [0.1, 0.15) is 5.82 Å². The zero-order valence-electron chi connectivity index (χ0n) is 17.8. The van der Waals surface area contributed by atoms with Gasteiger partial charge in [-0.3, -0.25) is 4.79 Å². The Labute approximate surface area is 191 Å². The minimum absolute atomic E-state index is 0.0588. The lowest BCUT2D eigenvalue weighted by atomic mass is 9.97. The van der Waals surface area contributed by atoms with E-state index in [0.29, 0.717) is 18.0 Å². The Bertz CT molecular complexity index is 1230. The first-order valence-electron chi connectivity index (χ1n) is 10.3. The van der Waals surface area contributed by atoms with E-state index in [4.69, 9.17) is 0 Å². The van der Waals surface area contributed by atoms with Crippen LogP contribution in [0.3, 0.4) is 0 Å². The van der Waals surface area contributed by atoms with E-state index >= 15 is 0 Å². The molecule has 6 nitrogen and oxygen atoms in total. The number of aromatic nitrogens is 1. The first kappa shape index (κ1) is 22.6. The van der Waals surface area contributed by atoms with Crippen molar-refractivity contribution in [2.75, 3.05) is 18.4 Å². The molecule has 168 valence electrons. The van der Waals surface area contributed by atoms with Crippen molar-refractivity contribution in [1.82, 2.24) is 9.29 Å². The Morgan fingerprint density at radius 2 is 1.81 bits per heavy atom. The standard InChI is InChI=1S/C23H24FN3O3S2/c1-15-3-8-20(16(2)13-15)21-14-31-23(25-21)26-22(28)17-9-11-27(12-10-17)32(29,30)19-6-4-18(24)5-7-19/h3-8,13-14,17H,9-12H2,1-2H3,(H,25,26,28). The van der Waals surface area contributed by atoms with E-state index < -0.39 is 15.8 Å². The summed E-state index contributed by atoms with van der Waals surface area (Å²) in [6.45, 7) is 4.56. The number of anilines is 1. The molecule has 1 aliphatic rings. The van der Waals surface area contributed by atoms with Gasteiger partial charge in [0.25, 0.3) is 0 Å². The predicted molar refractivity (Wildman–Crippen MR) is 124 cm³/mol. The molecule has 0 atom stereocenters. The van der Waals surface area contributed by atoms with E-state index in [0.717, 1.165) is 29.0 Å². The maximum absolute atomic E-state index is 13.1. The van der Waals surface area contributed by atoms with Crippen molar-refractivity contribution < 1.29 is 17.6 Å². The number of amides is 1. The third-order valence-electron chi connectivity index (χ3n) is 5.67. The van der Waals surface area contributed by atoms with Gasteiger partial charge >= 0.3 is 0 Å². The molecule has 1 aromatic heterocycles. The number of benzene rings is 2. The van der Waals surface area contributed by atoms with Crippen LogP contribution in [0.1, 0.15) is 24.0 Å². The summed E-state index contributed by atoms with van der Waals surface area (Å²) in [7, 11) is -3.70. The van der Waals surface area contributed by atoms with Crippen LogP contribution in [-0.4, -0.2) is 36.7 Å². The topological polar surface area (TPSA) is 79.4 Å². The maximum atomic E-state index is 13.1. The van der Waals surface area contributed by atoms with Crippen LogP contribution in [0, 0.1) is 25.6 Å². The smallest absolute Gasteiger partial charge is 0.243 e. The van der Waals surface area contributed by atoms with Gasteiger partial charge in [0.15, 0.2) is 5.13 Å². The quantitative estimate of drug-likeness (QED) is 0.587. The predicted octanol–water partition coefficient (Wildman–Crippen LogP) is 4.61. The van der Waals surface area contributed by atoms with Gasteiger partial charge in [-0.2, -0.15) is 4.31 Å². The Hall–Kier alpha value is -2.62. The number of halogens is 1. The molecule has 3 aromatic rings. The minimum Gasteiger partial charge on any atom is -0.302 e. The molecule has 2 aromatic carbocycles. The molecule has 1 amide bonds. The number of nitrogens with one attached hydrogen (secondary N) is 1. The normalized spacial score (nSPS) is 15.6. The van der Waals surface area contributed by atoms with Crippen LogP contribution in [0.15, 0.2) is 52.7 Å². The lowest BCUT2D eigenvalue weighted by Gasteiger charge is -2.30. The largest absolute Gasteiger partial charge is 0.302 e. The van der Waals surface area contributed by atoms with Gasteiger partial charge in [-0.1, -0.05) is 23.8 Å². The number of hydrogen-bond acceptors (Lipinski definition) is 5. The number of piperidine rings is 1. The molecule has 1 aliphatic heterocycles. The summed E-state index contributed by atoms with van der Waals surface area (Å²) >= 11 is 1.37. The summed E-state index contributed by atoms with van der Waals surface area (Å²) in [5.41, 5.74) is 4.17. The molecule has 4 rings (SSSR count). The van der Waals surface area contributed by atoms with Crippen LogP contribution in [0.5, 0.6) is 0 Å². The second kappa shape index (κ2) is 9.09. The van der Waals surface area contributed by atoms with Crippen LogP contribution in [0.2, 0.25) is 0 Å². The van der Waals surface area contributed by atoms with Gasteiger partial charge in [-0.15, -0.1) is 11.3 Å².